The first-order valence-corrected chi connectivity index (χ1v) is 6.74. The van der Waals surface area contributed by atoms with E-state index in [0.717, 1.165) is 35.4 Å². The average molecular weight is 264 g/mol. The summed E-state index contributed by atoms with van der Waals surface area (Å²) < 4.78 is 0. The van der Waals surface area contributed by atoms with Gasteiger partial charge in [0.25, 0.3) is 0 Å². The molecule has 3 nitrogen and oxygen atoms in total. The quantitative estimate of drug-likeness (QED) is 0.875. The molecule has 4 heteroatoms. The summed E-state index contributed by atoms with van der Waals surface area (Å²) in [7, 11) is 2.17. The van der Waals surface area contributed by atoms with Gasteiger partial charge >= 0.3 is 0 Å². The zero-order chi connectivity index (χ0) is 12.7. The van der Waals surface area contributed by atoms with Gasteiger partial charge in [0.1, 0.15) is 0 Å². The van der Waals surface area contributed by atoms with Crippen molar-refractivity contribution in [2.45, 2.75) is 12.5 Å². The molecule has 1 aliphatic heterocycles. The van der Waals surface area contributed by atoms with Gasteiger partial charge in [0.2, 0.25) is 0 Å². The summed E-state index contributed by atoms with van der Waals surface area (Å²) in [6, 6.07) is 6.78. The van der Waals surface area contributed by atoms with Crippen LogP contribution in [0.25, 0.3) is 10.9 Å². The molecule has 0 bridgehead atoms. The Hall–Kier alpha value is -1.03. The average Bonchev–Trinajstić information content (AvgIpc) is 2.93. The number of nitrogens with one attached hydrogen (secondary N) is 1. The number of para-hydroxylation sites is 1. The molecule has 18 heavy (non-hydrogen) atoms. The third-order valence-electron chi connectivity index (χ3n) is 4.02. The molecule has 1 fully saturated rings. The molecule has 2 aromatic rings. The first-order chi connectivity index (χ1) is 8.70. The van der Waals surface area contributed by atoms with Gasteiger partial charge in [-0.2, -0.15) is 0 Å². The van der Waals surface area contributed by atoms with Gasteiger partial charge in [-0.15, -0.1) is 0 Å². The number of halogens is 1. The van der Waals surface area contributed by atoms with Crippen molar-refractivity contribution >= 4 is 22.5 Å². The normalized spacial score (nSPS) is 25.1. The van der Waals surface area contributed by atoms with E-state index in [-0.39, 0.29) is 0 Å². The van der Waals surface area contributed by atoms with Crippen molar-refractivity contribution in [1.82, 2.24) is 9.88 Å². The summed E-state index contributed by atoms with van der Waals surface area (Å²) in [5.41, 5.74) is 8.29. The highest BCUT2D eigenvalue weighted by atomic mass is 35.5. The Bertz CT molecular complexity index is 563. The monoisotopic (exact) mass is 263 g/mol. The molecular formula is C14H18ClN3. The van der Waals surface area contributed by atoms with E-state index in [1.165, 1.54) is 5.56 Å². The van der Waals surface area contributed by atoms with Crippen molar-refractivity contribution < 1.29 is 0 Å². The molecule has 3 N–H and O–H groups in total. The Morgan fingerprint density at radius 3 is 3.06 bits per heavy atom. The van der Waals surface area contributed by atoms with Crippen LogP contribution < -0.4 is 5.73 Å². The molecule has 0 radical (unpaired) electrons. The van der Waals surface area contributed by atoms with Gasteiger partial charge in [0, 0.05) is 24.2 Å². The number of aromatic nitrogens is 1. The van der Waals surface area contributed by atoms with Crippen LogP contribution in [0.15, 0.2) is 24.4 Å². The zero-order valence-electron chi connectivity index (χ0n) is 10.5. The van der Waals surface area contributed by atoms with Gasteiger partial charge in [-0.1, -0.05) is 29.8 Å². The van der Waals surface area contributed by atoms with Crippen molar-refractivity contribution in [1.29, 1.82) is 0 Å². The first-order valence-electron chi connectivity index (χ1n) is 6.36. The number of likely N-dealkylation sites (tertiary alicyclic amines) is 1. The highest BCUT2D eigenvalue weighted by Gasteiger charge is 2.30. The summed E-state index contributed by atoms with van der Waals surface area (Å²) in [6.07, 6.45) is 2.99. The largest absolute Gasteiger partial charge is 0.359 e. The minimum Gasteiger partial charge on any atom is -0.359 e. The number of hydrogen-bond donors (Lipinski definition) is 2. The van der Waals surface area contributed by atoms with E-state index in [2.05, 4.69) is 35.1 Å². The molecule has 0 saturated carbocycles. The zero-order valence-corrected chi connectivity index (χ0v) is 11.2. The van der Waals surface area contributed by atoms with E-state index in [0.29, 0.717) is 12.0 Å². The Labute approximate surface area is 112 Å². The van der Waals surface area contributed by atoms with Gasteiger partial charge < -0.3 is 10.7 Å². The maximum absolute atomic E-state index is 6.18. The maximum Gasteiger partial charge on any atom is 0.0659 e. The number of hydrogen-bond acceptors (Lipinski definition) is 2. The van der Waals surface area contributed by atoms with E-state index in [4.69, 9.17) is 17.3 Å². The Morgan fingerprint density at radius 1 is 1.50 bits per heavy atom. The van der Waals surface area contributed by atoms with Crippen LogP contribution in [0.3, 0.4) is 0 Å². The molecule has 2 atom stereocenters. The number of benzene rings is 1. The molecule has 3 rings (SSSR count). The second-order valence-corrected chi connectivity index (χ2v) is 5.61. The highest BCUT2D eigenvalue weighted by molar-refractivity contribution is 6.35. The molecule has 96 valence electrons. The molecule has 1 aromatic carbocycles. The van der Waals surface area contributed by atoms with Crippen LogP contribution in [-0.2, 0) is 0 Å². The lowest BCUT2D eigenvalue weighted by Crippen LogP contribution is -2.20. The van der Waals surface area contributed by atoms with Crippen LogP contribution in [0.1, 0.15) is 18.0 Å². The van der Waals surface area contributed by atoms with Gasteiger partial charge in [0.05, 0.1) is 10.5 Å². The van der Waals surface area contributed by atoms with Gasteiger partial charge in [-0.05, 0) is 31.5 Å². The predicted molar refractivity (Wildman–Crippen MR) is 75.8 cm³/mol. The molecule has 0 aliphatic carbocycles. The van der Waals surface area contributed by atoms with E-state index in [1.807, 2.05) is 6.20 Å². The first kappa shape index (κ1) is 12.0. The number of H-pyrrole nitrogens is 1. The molecule has 1 saturated heterocycles. The smallest absolute Gasteiger partial charge is 0.0659 e. The van der Waals surface area contributed by atoms with E-state index in [9.17, 15) is 0 Å². The lowest BCUT2D eigenvalue weighted by atomic mass is 9.98. The lowest BCUT2D eigenvalue weighted by molar-refractivity contribution is 0.315. The number of nitrogens with two attached hydrogens (primary N) is 1. The highest BCUT2D eigenvalue weighted by Crippen LogP contribution is 2.38. The second-order valence-electron chi connectivity index (χ2n) is 5.20. The van der Waals surface area contributed by atoms with Crippen LogP contribution in [0.2, 0.25) is 5.02 Å². The molecule has 1 aromatic heterocycles. The van der Waals surface area contributed by atoms with E-state index in [1.54, 1.807) is 0 Å². The SMILES string of the molecule is CN1CC(CN)CC1c1cccc2c(Cl)c[nH]c12. The van der Waals surface area contributed by atoms with Crippen LogP contribution in [0.4, 0.5) is 0 Å². The van der Waals surface area contributed by atoms with Crippen LogP contribution in [0.5, 0.6) is 0 Å². The standard InChI is InChI=1S/C14H18ClN3/c1-18-8-9(6-16)5-13(18)11-4-2-3-10-12(15)7-17-14(10)11/h2-4,7,9,13,17H,5-6,8,16H2,1H3. The number of nitrogens with zero attached hydrogens (tertiary/aromatic N) is 1. The fourth-order valence-corrected chi connectivity index (χ4v) is 3.27. The maximum atomic E-state index is 6.18. The molecule has 0 amide bonds. The third kappa shape index (κ3) is 1.83. The Morgan fingerprint density at radius 2 is 2.33 bits per heavy atom. The van der Waals surface area contributed by atoms with Crippen LogP contribution >= 0.6 is 11.6 Å². The summed E-state index contributed by atoms with van der Waals surface area (Å²) in [5, 5.41) is 1.90. The second kappa shape index (κ2) is 4.57. The van der Waals surface area contributed by atoms with Crippen molar-refractivity contribution in [2.75, 3.05) is 20.1 Å². The minimum atomic E-state index is 0.442. The molecule has 2 unspecified atom stereocenters. The summed E-state index contributed by atoms with van der Waals surface area (Å²) in [4.78, 5) is 5.69. The Kier molecular flexibility index (Phi) is 3.06. The van der Waals surface area contributed by atoms with Crippen LogP contribution in [-0.4, -0.2) is 30.0 Å². The molecule has 0 spiro atoms. The number of fused-ring (bicyclic) bond motifs is 1. The van der Waals surface area contributed by atoms with Gasteiger partial charge in [-0.3, -0.25) is 4.90 Å². The van der Waals surface area contributed by atoms with Crippen molar-refractivity contribution in [3.05, 3.63) is 35.0 Å². The molecule has 1 aliphatic rings. The predicted octanol–water partition coefficient (Wildman–Crippen LogP) is 2.77. The number of aromatic amines is 1. The minimum absolute atomic E-state index is 0.442. The van der Waals surface area contributed by atoms with E-state index < -0.39 is 0 Å². The van der Waals surface area contributed by atoms with Crippen molar-refractivity contribution in [3.63, 3.8) is 0 Å². The Balaban J connectivity index is 2.04. The lowest BCUT2D eigenvalue weighted by Gasteiger charge is -2.20. The third-order valence-corrected chi connectivity index (χ3v) is 4.34. The number of rotatable bonds is 2. The topological polar surface area (TPSA) is 45.0 Å². The van der Waals surface area contributed by atoms with Gasteiger partial charge in [0.15, 0.2) is 0 Å². The fraction of sp³-hybridized carbons (Fsp3) is 0.429. The van der Waals surface area contributed by atoms with Crippen LogP contribution in [0, 0.1) is 5.92 Å². The summed E-state index contributed by atoms with van der Waals surface area (Å²) >= 11 is 6.18. The fourth-order valence-electron chi connectivity index (χ4n) is 3.06. The van der Waals surface area contributed by atoms with Crippen molar-refractivity contribution in [2.24, 2.45) is 11.7 Å². The van der Waals surface area contributed by atoms with E-state index >= 15 is 0 Å². The molecular weight excluding hydrogens is 246 g/mol. The molecule has 2 heterocycles. The summed E-state index contributed by atoms with van der Waals surface area (Å²) in [6.45, 7) is 1.84. The van der Waals surface area contributed by atoms with Crippen molar-refractivity contribution in [3.8, 4) is 0 Å². The summed E-state index contributed by atoms with van der Waals surface area (Å²) in [5.74, 6) is 0.598. The van der Waals surface area contributed by atoms with Gasteiger partial charge in [-0.25, -0.2) is 0 Å².